The van der Waals surface area contributed by atoms with E-state index in [1.807, 2.05) is 0 Å². The number of hydrogen-bond donors (Lipinski definition) is 3. The van der Waals surface area contributed by atoms with Gasteiger partial charge in [-0.2, -0.15) is 0 Å². The van der Waals surface area contributed by atoms with Crippen LogP contribution in [0.3, 0.4) is 0 Å². The molecule has 166 valence electrons. The van der Waals surface area contributed by atoms with E-state index in [4.69, 9.17) is 0 Å². The molecule has 5 rings (SSSR count). The maximum atomic E-state index is 11.3. The van der Waals surface area contributed by atoms with Gasteiger partial charge in [-0.3, -0.25) is 0 Å². The van der Waals surface area contributed by atoms with E-state index in [-0.39, 0.29) is 11.5 Å². The Morgan fingerprint density at radius 3 is 2.17 bits per heavy atom. The number of fused-ring (bicyclic) bond motifs is 2. The van der Waals surface area contributed by atoms with E-state index < -0.39 is 0 Å². The first kappa shape index (κ1) is 20.8. The van der Waals surface area contributed by atoms with Crippen LogP contribution in [0.1, 0.15) is 86.0 Å². The predicted molar refractivity (Wildman–Crippen MR) is 120 cm³/mol. The Hall–Kier alpha value is -0.120. The summed E-state index contributed by atoms with van der Waals surface area (Å²) >= 11 is 0. The van der Waals surface area contributed by atoms with E-state index >= 15 is 0 Å². The predicted octanol–water partition coefficient (Wildman–Crippen LogP) is 4.59. The van der Waals surface area contributed by atoms with Crippen molar-refractivity contribution in [1.82, 2.24) is 10.6 Å². The number of hydrogen-bond acceptors (Lipinski definition) is 3. The van der Waals surface area contributed by atoms with Gasteiger partial charge in [-0.15, -0.1) is 0 Å². The molecule has 5 aliphatic rings. The lowest BCUT2D eigenvalue weighted by Gasteiger charge is -2.63. The van der Waals surface area contributed by atoms with Crippen molar-refractivity contribution in [1.29, 1.82) is 0 Å². The van der Waals surface area contributed by atoms with Crippen molar-refractivity contribution >= 4 is 0 Å². The first-order valence-corrected chi connectivity index (χ1v) is 12.6. The van der Waals surface area contributed by atoms with Gasteiger partial charge in [-0.1, -0.05) is 27.7 Å². The SMILES string of the molecule is CN[C@@H](C)[C@H]1[C@H](O)C[C@@]2(C)[C@@H]3CC[C@H]4C(C)(C)[C@@H](NC)CC[C@]45C[C@@]35CC[C@]12C. The van der Waals surface area contributed by atoms with Crippen molar-refractivity contribution in [2.45, 2.75) is 104 Å². The van der Waals surface area contributed by atoms with Gasteiger partial charge in [-0.25, -0.2) is 0 Å². The smallest absolute Gasteiger partial charge is 0.0594 e. The summed E-state index contributed by atoms with van der Waals surface area (Å²) in [5.74, 6) is 2.08. The van der Waals surface area contributed by atoms with Crippen molar-refractivity contribution in [2.24, 2.45) is 44.8 Å². The molecule has 0 aromatic heterocycles. The van der Waals surface area contributed by atoms with Crippen LogP contribution in [0.4, 0.5) is 0 Å². The van der Waals surface area contributed by atoms with Crippen molar-refractivity contribution < 1.29 is 5.11 Å². The van der Waals surface area contributed by atoms with Crippen LogP contribution in [0.25, 0.3) is 0 Å². The highest BCUT2D eigenvalue weighted by Gasteiger charge is 2.82. The number of nitrogens with one attached hydrogen (secondary N) is 2. The Morgan fingerprint density at radius 1 is 0.862 bits per heavy atom. The summed E-state index contributed by atoms with van der Waals surface area (Å²) < 4.78 is 0. The fraction of sp³-hybridized carbons (Fsp3) is 1.00. The van der Waals surface area contributed by atoms with Crippen LogP contribution in [0.2, 0.25) is 0 Å². The van der Waals surface area contributed by atoms with Crippen LogP contribution in [0, 0.1) is 44.8 Å². The molecular formula is C26H46N2O. The average Bonchev–Trinajstić information content (AvgIpc) is 3.26. The standard InChI is InChI=1S/C26H46N2O/c1-16(27-6)21-17(29)14-24(5)19-9-8-18-22(2,3)20(28-7)10-11-25(18)15-26(19,25)13-12-23(21,24)4/h16-21,27-29H,8-15H2,1-7H3/t16-,17+,18-,19-,20-,21-,23+,24-,25-,26-/m0/s1. The normalized spacial score (nSPS) is 58.6. The summed E-state index contributed by atoms with van der Waals surface area (Å²) in [5.41, 5.74) is 2.14. The van der Waals surface area contributed by atoms with Crippen LogP contribution in [-0.4, -0.2) is 37.4 Å². The third-order valence-electron chi connectivity index (χ3n) is 12.5. The molecule has 0 amide bonds. The maximum absolute atomic E-state index is 11.3. The zero-order valence-electron chi connectivity index (χ0n) is 20.1. The summed E-state index contributed by atoms with van der Waals surface area (Å²) in [6.45, 7) is 12.6. The van der Waals surface area contributed by atoms with E-state index in [9.17, 15) is 5.11 Å². The van der Waals surface area contributed by atoms with Gasteiger partial charge < -0.3 is 15.7 Å². The van der Waals surface area contributed by atoms with Crippen molar-refractivity contribution in [3.05, 3.63) is 0 Å². The molecule has 0 saturated heterocycles. The van der Waals surface area contributed by atoms with Gasteiger partial charge in [0.25, 0.3) is 0 Å². The Balaban J connectivity index is 1.52. The molecule has 10 atom stereocenters. The Labute approximate surface area is 179 Å². The Bertz CT molecular complexity index is 692. The molecule has 5 aliphatic carbocycles. The van der Waals surface area contributed by atoms with E-state index in [1.165, 1.54) is 44.9 Å². The first-order chi connectivity index (χ1) is 13.5. The quantitative estimate of drug-likeness (QED) is 0.647. The van der Waals surface area contributed by atoms with E-state index in [2.05, 4.69) is 59.3 Å². The zero-order valence-corrected chi connectivity index (χ0v) is 20.1. The highest BCUT2D eigenvalue weighted by Crippen LogP contribution is 2.88. The van der Waals surface area contributed by atoms with E-state index in [1.54, 1.807) is 0 Å². The van der Waals surface area contributed by atoms with E-state index in [0.717, 1.165) is 18.3 Å². The van der Waals surface area contributed by atoms with Gasteiger partial charge in [0.1, 0.15) is 0 Å². The average molecular weight is 403 g/mol. The van der Waals surface area contributed by atoms with Gasteiger partial charge in [-0.05, 0) is 111 Å². The third-order valence-corrected chi connectivity index (χ3v) is 12.5. The molecule has 0 aliphatic heterocycles. The summed E-state index contributed by atoms with van der Waals surface area (Å²) in [6.07, 6.45) is 10.7. The second-order valence-corrected chi connectivity index (χ2v) is 13.1. The zero-order chi connectivity index (χ0) is 21.0. The molecule has 0 aromatic carbocycles. The second kappa shape index (κ2) is 6.01. The van der Waals surface area contributed by atoms with Crippen LogP contribution < -0.4 is 10.6 Å². The minimum absolute atomic E-state index is 0.147. The molecule has 5 saturated carbocycles. The molecule has 0 aromatic rings. The summed E-state index contributed by atoms with van der Waals surface area (Å²) in [5, 5.41) is 18.4. The minimum Gasteiger partial charge on any atom is -0.393 e. The van der Waals surface area contributed by atoms with Gasteiger partial charge in [0.2, 0.25) is 0 Å². The molecule has 2 spiro atoms. The third kappa shape index (κ3) is 2.16. The lowest BCUT2D eigenvalue weighted by atomic mass is 9.42. The second-order valence-electron chi connectivity index (χ2n) is 13.1. The molecule has 3 N–H and O–H groups in total. The first-order valence-electron chi connectivity index (χ1n) is 12.6. The molecule has 3 heteroatoms. The summed E-state index contributed by atoms with van der Waals surface area (Å²) in [6, 6.07) is 1.06. The topological polar surface area (TPSA) is 44.3 Å². The number of aliphatic hydroxyl groups excluding tert-OH is 1. The molecular weight excluding hydrogens is 356 g/mol. The Morgan fingerprint density at radius 2 is 1.52 bits per heavy atom. The van der Waals surface area contributed by atoms with Crippen LogP contribution in [0.5, 0.6) is 0 Å². The monoisotopic (exact) mass is 402 g/mol. The molecule has 0 radical (unpaired) electrons. The lowest BCUT2D eigenvalue weighted by molar-refractivity contribution is -0.144. The van der Waals surface area contributed by atoms with Gasteiger partial charge in [0, 0.05) is 18.0 Å². The maximum Gasteiger partial charge on any atom is 0.0594 e. The highest BCUT2D eigenvalue weighted by molar-refractivity contribution is 5.31. The molecule has 0 bridgehead atoms. The Kier molecular flexibility index (Phi) is 4.31. The van der Waals surface area contributed by atoms with Gasteiger partial charge in [0.15, 0.2) is 0 Å². The van der Waals surface area contributed by atoms with Crippen molar-refractivity contribution in [2.75, 3.05) is 14.1 Å². The van der Waals surface area contributed by atoms with Crippen molar-refractivity contribution in [3.8, 4) is 0 Å². The largest absolute Gasteiger partial charge is 0.393 e. The van der Waals surface area contributed by atoms with Crippen LogP contribution >= 0.6 is 0 Å². The van der Waals surface area contributed by atoms with Crippen molar-refractivity contribution in [3.63, 3.8) is 0 Å². The molecule has 5 fully saturated rings. The number of aliphatic hydroxyl groups is 1. The summed E-state index contributed by atoms with van der Waals surface area (Å²) in [7, 11) is 4.25. The summed E-state index contributed by atoms with van der Waals surface area (Å²) in [4.78, 5) is 0. The van der Waals surface area contributed by atoms with Crippen LogP contribution in [-0.2, 0) is 0 Å². The van der Waals surface area contributed by atoms with E-state index in [0.29, 0.717) is 39.7 Å². The fourth-order valence-electron chi connectivity index (χ4n) is 11.1. The molecule has 3 nitrogen and oxygen atoms in total. The van der Waals surface area contributed by atoms with Gasteiger partial charge >= 0.3 is 0 Å². The van der Waals surface area contributed by atoms with Crippen LogP contribution in [0.15, 0.2) is 0 Å². The highest BCUT2D eigenvalue weighted by atomic mass is 16.3. The lowest BCUT2D eigenvalue weighted by Crippen LogP contribution is -2.59. The van der Waals surface area contributed by atoms with Gasteiger partial charge in [0.05, 0.1) is 6.10 Å². The molecule has 0 heterocycles. The minimum atomic E-state index is -0.147. The molecule has 29 heavy (non-hydrogen) atoms. The fourth-order valence-corrected chi connectivity index (χ4v) is 11.1. The number of rotatable bonds is 3. The molecule has 0 unspecified atom stereocenters.